The largest absolute Gasteiger partial charge is 0.481 e. The van der Waals surface area contributed by atoms with Crippen molar-refractivity contribution in [3.63, 3.8) is 0 Å². The van der Waals surface area contributed by atoms with Crippen molar-refractivity contribution in [1.29, 1.82) is 0 Å². The topological polar surface area (TPSA) is 84.9 Å². The van der Waals surface area contributed by atoms with E-state index in [1.54, 1.807) is 0 Å². The lowest BCUT2D eigenvalue weighted by atomic mass is 9.73. The highest BCUT2D eigenvalue weighted by molar-refractivity contribution is 5.86. The third-order valence-corrected chi connectivity index (χ3v) is 5.07. The van der Waals surface area contributed by atoms with Gasteiger partial charge in [0.2, 0.25) is 5.91 Å². The second kappa shape index (κ2) is 8.45. The van der Waals surface area contributed by atoms with Crippen LogP contribution in [0.2, 0.25) is 0 Å². The van der Waals surface area contributed by atoms with E-state index < -0.39 is 11.9 Å². The van der Waals surface area contributed by atoms with Gasteiger partial charge in [0.1, 0.15) is 0 Å². The zero-order valence-electron chi connectivity index (χ0n) is 14.3. The van der Waals surface area contributed by atoms with Gasteiger partial charge in [-0.2, -0.15) is 0 Å². The van der Waals surface area contributed by atoms with Crippen LogP contribution in [0.25, 0.3) is 0 Å². The molecule has 1 saturated heterocycles. The number of carbonyl (C=O) groups excluding carboxylic acids is 1. The molecule has 0 spiro atoms. The molecule has 6 heteroatoms. The van der Waals surface area contributed by atoms with Crippen LogP contribution in [0.4, 0.5) is 0 Å². The standard InChI is InChI=1S/C19H25NO5/c21-18(16-5-6-17(16)19(22)23)20-11-13-1-3-14(4-2-13)12-25-15-7-9-24-10-8-15/h1-4,15-17H,5-12H2,(H,20,21)(H,22,23). The SMILES string of the molecule is O=C(O)C1CCC1C(=O)NCc1ccc(COC2CCOCC2)cc1. The molecule has 25 heavy (non-hydrogen) atoms. The number of hydrogen-bond acceptors (Lipinski definition) is 4. The van der Waals surface area contributed by atoms with E-state index >= 15 is 0 Å². The van der Waals surface area contributed by atoms with Crippen molar-refractivity contribution in [3.8, 4) is 0 Å². The summed E-state index contributed by atoms with van der Waals surface area (Å²) in [5.41, 5.74) is 2.10. The Hall–Kier alpha value is -1.92. The Morgan fingerprint density at radius 2 is 1.68 bits per heavy atom. The summed E-state index contributed by atoms with van der Waals surface area (Å²) in [6.07, 6.45) is 3.42. The number of nitrogens with one attached hydrogen (secondary N) is 1. The maximum absolute atomic E-state index is 12.1. The van der Waals surface area contributed by atoms with Crippen molar-refractivity contribution in [1.82, 2.24) is 5.32 Å². The first-order valence-electron chi connectivity index (χ1n) is 8.91. The quantitative estimate of drug-likeness (QED) is 0.789. The van der Waals surface area contributed by atoms with E-state index in [2.05, 4.69) is 5.32 Å². The number of aliphatic carboxylic acids is 1. The summed E-state index contributed by atoms with van der Waals surface area (Å²) in [7, 11) is 0. The van der Waals surface area contributed by atoms with Gasteiger partial charge in [-0.05, 0) is 36.8 Å². The molecule has 2 unspecified atom stereocenters. The van der Waals surface area contributed by atoms with Crippen molar-refractivity contribution in [2.75, 3.05) is 13.2 Å². The third-order valence-electron chi connectivity index (χ3n) is 5.07. The van der Waals surface area contributed by atoms with Crippen LogP contribution in [0, 0.1) is 11.8 Å². The van der Waals surface area contributed by atoms with Gasteiger partial charge in [0, 0.05) is 19.8 Å². The van der Waals surface area contributed by atoms with E-state index in [0.29, 0.717) is 26.0 Å². The third kappa shape index (κ3) is 4.80. The number of carbonyl (C=O) groups is 2. The number of rotatable bonds is 7. The molecule has 0 bridgehead atoms. The first-order chi connectivity index (χ1) is 12.1. The molecule has 1 aromatic rings. The Bertz CT molecular complexity index is 594. The fraction of sp³-hybridized carbons (Fsp3) is 0.579. The molecule has 3 rings (SSSR count). The Morgan fingerprint density at radius 1 is 1.04 bits per heavy atom. The number of carboxylic acids is 1. The highest BCUT2D eigenvalue weighted by Gasteiger charge is 2.41. The fourth-order valence-electron chi connectivity index (χ4n) is 3.24. The highest BCUT2D eigenvalue weighted by atomic mass is 16.5. The number of hydrogen-bond donors (Lipinski definition) is 2. The maximum atomic E-state index is 12.1. The van der Waals surface area contributed by atoms with Crippen LogP contribution < -0.4 is 5.32 Å². The van der Waals surface area contributed by atoms with Gasteiger partial charge < -0.3 is 19.9 Å². The van der Waals surface area contributed by atoms with Crippen LogP contribution in [0.15, 0.2) is 24.3 Å². The van der Waals surface area contributed by atoms with E-state index in [-0.39, 0.29) is 17.9 Å². The minimum absolute atomic E-state index is 0.162. The molecular formula is C19H25NO5. The second-order valence-corrected chi connectivity index (χ2v) is 6.79. The molecule has 1 aliphatic heterocycles. The number of amides is 1. The van der Waals surface area contributed by atoms with E-state index in [0.717, 1.165) is 37.2 Å². The maximum Gasteiger partial charge on any atom is 0.307 e. The molecule has 136 valence electrons. The van der Waals surface area contributed by atoms with Gasteiger partial charge in [-0.3, -0.25) is 9.59 Å². The van der Waals surface area contributed by atoms with Gasteiger partial charge in [-0.25, -0.2) is 0 Å². The van der Waals surface area contributed by atoms with E-state index in [1.165, 1.54) is 0 Å². The summed E-state index contributed by atoms with van der Waals surface area (Å²) in [5, 5.41) is 11.9. The van der Waals surface area contributed by atoms with Crippen LogP contribution >= 0.6 is 0 Å². The number of carboxylic acid groups (broad SMARTS) is 1. The van der Waals surface area contributed by atoms with Crippen molar-refractivity contribution in [3.05, 3.63) is 35.4 Å². The predicted octanol–water partition coefficient (Wildman–Crippen LogP) is 2.11. The molecule has 2 fully saturated rings. The van der Waals surface area contributed by atoms with Crippen molar-refractivity contribution < 1.29 is 24.2 Å². The van der Waals surface area contributed by atoms with E-state index in [1.807, 2.05) is 24.3 Å². The monoisotopic (exact) mass is 347 g/mol. The van der Waals surface area contributed by atoms with Gasteiger partial charge in [0.05, 0.1) is 24.5 Å². The molecule has 0 radical (unpaired) electrons. The van der Waals surface area contributed by atoms with Crippen LogP contribution in [-0.4, -0.2) is 36.3 Å². The highest BCUT2D eigenvalue weighted by Crippen LogP contribution is 2.34. The lowest BCUT2D eigenvalue weighted by molar-refractivity contribution is -0.152. The van der Waals surface area contributed by atoms with Crippen LogP contribution in [0.1, 0.15) is 36.8 Å². The summed E-state index contributed by atoms with van der Waals surface area (Å²) in [4.78, 5) is 23.0. The molecule has 1 aliphatic carbocycles. The average Bonchev–Trinajstić information content (AvgIpc) is 2.58. The summed E-state index contributed by atoms with van der Waals surface area (Å²) in [6, 6.07) is 7.95. The van der Waals surface area contributed by atoms with Gasteiger partial charge in [0.15, 0.2) is 0 Å². The molecule has 2 N–H and O–H groups in total. The van der Waals surface area contributed by atoms with E-state index in [9.17, 15) is 9.59 Å². The zero-order valence-corrected chi connectivity index (χ0v) is 14.3. The summed E-state index contributed by atoms with van der Waals surface area (Å²) >= 11 is 0. The molecule has 1 amide bonds. The average molecular weight is 347 g/mol. The molecule has 1 heterocycles. The first-order valence-corrected chi connectivity index (χ1v) is 8.91. The first kappa shape index (κ1) is 17.9. The molecule has 1 saturated carbocycles. The van der Waals surface area contributed by atoms with Crippen molar-refractivity contribution in [2.24, 2.45) is 11.8 Å². The Balaban J connectivity index is 1.41. The molecule has 0 aromatic heterocycles. The van der Waals surface area contributed by atoms with Gasteiger partial charge in [0.25, 0.3) is 0 Å². The lowest BCUT2D eigenvalue weighted by Gasteiger charge is -2.31. The van der Waals surface area contributed by atoms with Gasteiger partial charge in [-0.1, -0.05) is 24.3 Å². The minimum Gasteiger partial charge on any atom is -0.481 e. The summed E-state index contributed by atoms with van der Waals surface area (Å²) < 4.78 is 11.2. The zero-order chi connectivity index (χ0) is 17.6. The second-order valence-electron chi connectivity index (χ2n) is 6.79. The molecule has 2 atom stereocenters. The number of benzene rings is 1. The van der Waals surface area contributed by atoms with E-state index in [4.69, 9.17) is 14.6 Å². The minimum atomic E-state index is -0.875. The molecule has 6 nitrogen and oxygen atoms in total. The Morgan fingerprint density at radius 3 is 2.28 bits per heavy atom. The Kier molecular flexibility index (Phi) is 6.04. The number of ether oxygens (including phenoxy) is 2. The van der Waals surface area contributed by atoms with Gasteiger partial charge in [-0.15, -0.1) is 0 Å². The Labute approximate surface area is 147 Å². The molecule has 1 aromatic carbocycles. The normalized spacial score (nSPS) is 23.7. The van der Waals surface area contributed by atoms with Crippen molar-refractivity contribution in [2.45, 2.75) is 44.9 Å². The van der Waals surface area contributed by atoms with Crippen LogP contribution in [0.5, 0.6) is 0 Å². The summed E-state index contributed by atoms with van der Waals surface area (Å²) in [5.74, 6) is -1.94. The fourth-order valence-corrected chi connectivity index (χ4v) is 3.24. The smallest absolute Gasteiger partial charge is 0.307 e. The van der Waals surface area contributed by atoms with Gasteiger partial charge >= 0.3 is 5.97 Å². The molecular weight excluding hydrogens is 322 g/mol. The van der Waals surface area contributed by atoms with Crippen LogP contribution in [-0.2, 0) is 32.2 Å². The predicted molar refractivity (Wildman–Crippen MR) is 90.8 cm³/mol. The van der Waals surface area contributed by atoms with Crippen molar-refractivity contribution >= 4 is 11.9 Å². The summed E-state index contributed by atoms with van der Waals surface area (Å²) in [6.45, 7) is 2.54. The lowest BCUT2D eigenvalue weighted by Crippen LogP contribution is -2.43. The molecule has 2 aliphatic rings. The van der Waals surface area contributed by atoms with Crippen LogP contribution in [0.3, 0.4) is 0 Å².